The number of aromatic nitrogens is 2. The minimum atomic E-state index is -3.57. The van der Waals surface area contributed by atoms with Crippen molar-refractivity contribution < 1.29 is 17.9 Å². The van der Waals surface area contributed by atoms with Crippen LogP contribution in [0.1, 0.15) is 15.9 Å². The van der Waals surface area contributed by atoms with Gasteiger partial charge in [-0.2, -0.15) is 9.40 Å². The lowest BCUT2D eigenvalue weighted by atomic mass is 10.1. The van der Waals surface area contributed by atoms with Crippen molar-refractivity contribution in [1.82, 2.24) is 19.0 Å². The van der Waals surface area contributed by atoms with Crippen molar-refractivity contribution in [2.75, 3.05) is 26.2 Å². The molecule has 0 atom stereocenters. The predicted octanol–water partition coefficient (Wildman–Crippen LogP) is 3.03. The van der Waals surface area contributed by atoms with Gasteiger partial charge in [0.2, 0.25) is 10.0 Å². The number of piperazine rings is 1. The van der Waals surface area contributed by atoms with Gasteiger partial charge in [0, 0.05) is 37.9 Å². The molecule has 1 fully saturated rings. The predicted molar refractivity (Wildman–Crippen MR) is 120 cm³/mol. The molecule has 1 saturated heterocycles. The lowest BCUT2D eigenvalue weighted by Gasteiger charge is -2.34. The summed E-state index contributed by atoms with van der Waals surface area (Å²) in [6.07, 6.45) is 3.16. The first-order valence-electron chi connectivity index (χ1n) is 10.1. The lowest BCUT2D eigenvalue weighted by Crippen LogP contribution is -2.50. The summed E-state index contributed by atoms with van der Waals surface area (Å²) >= 11 is 5.84. The smallest absolute Gasteiger partial charge is 0.254 e. The topological polar surface area (TPSA) is 84.7 Å². The molecular formula is C22H23ClN4O4S. The summed E-state index contributed by atoms with van der Waals surface area (Å²) in [5.41, 5.74) is 1.48. The van der Waals surface area contributed by atoms with Crippen LogP contribution in [0.15, 0.2) is 65.8 Å². The number of sulfonamides is 1. The first-order valence-corrected chi connectivity index (χ1v) is 11.9. The number of amides is 1. The van der Waals surface area contributed by atoms with Gasteiger partial charge in [0.25, 0.3) is 5.91 Å². The van der Waals surface area contributed by atoms with E-state index in [1.54, 1.807) is 64.3 Å². The molecule has 0 spiro atoms. The third-order valence-electron chi connectivity index (χ3n) is 5.23. The number of aryl methyl sites for hydroxylation is 1. The Kier molecular flexibility index (Phi) is 6.50. The van der Waals surface area contributed by atoms with Crippen molar-refractivity contribution in [3.05, 3.63) is 77.1 Å². The second-order valence-electron chi connectivity index (χ2n) is 7.51. The monoisotopic (exact) mass is 474 g/mol. The molecule has 4 rings (SSSR count). The number of nitrogens with zero attached hydrogens (tertiary/aromatic N) is 4. The number of hydrogen-bond acceptors (Lipinski definition) is 5. The van der Waals surface area contributed by atoms with Crippen molar-refractivity contribution in [2.45, 2.75) is 18.6 Å². The van der Waals surface area contributed by atoms with E-state index in [1.807, 2.05) is 6.92 Å². The Morgan fingerprint density at radius 3 is 2.47 bits per heavy atom. The van der Waals surface area contributed by atoms with Gasteiger partial charge in [-0.05, 0) is 37.3 Å². The normalized spacial score (nSPS) is 15.0. The number of rotatable bonds is 6. The van der Waals surface area contributed by atoms with Crippen molar-refractivity contribution in [3.63, 3.8) is 0 Å². The highest BCUT2D eigenvalue weighted by Gasteiger charge is 2.30. The summed E-state index contributed by atoms with van der Waals surface area (Å²) < 4.78 is 34.4. The van der Waals surface area contributed by atoms with Gasteiger partial charge in [-0.3, -0.25) is 4.79 Å². The van der Waals surface area contributed by atoms with E-state index in [-0.39, 0.29) is 30.6 Å². The molecule has 0 radical (unpaired) electrons. The molecule has 1 aliphatic heterocycles. The molecule has 0 bridgehead atoms. The van der Waals surface area contributed by atoms with Crippen molar-refractivity contribution in [1.29, 1.82) is 0 Å². The van der Waals surface area contributed by atoms with Crippen LogP contribution in [0.25, 0.3) is 0 Å². The van der Waals surface area contributed by atoms with Crippen LogP contribution in [-0.2, 0) is 16.8 Å². The summed E-state index contributed by atoms with van der Waals surface area (Å²) in [7, 11) is -3.57. The van der Waals surface area contributed by atoms with E-state index in [0.29, 0.717) is 29.4 Å². The van der Waals surface area contributed by atoms with E-state index < -0.39 is 10.0 Å². The van der Waals surface area contributed by atoms with Crippen molar-refractivity contribution in [3.8, 4) is 5.75 Å². The zero-order valence-corrected chi connectivity index (χ0v) is 19.1. The van der Waals surface area contributed by atoms with Gasteiger partial charge in [0.05, 0.1) is 16.1 Å². The van der Waals surface area contributed by atoms with Gasteiger partial charge < -0.3 is 9.64 Å². The number of ether oxygens (including phenoxy) is 1. The van der Waals surface area contributed by atoms with Crippen molar-refractivity contribution >= 4 is 27.5 Å². The second kappa shape index (κ2) is 9.32. The highest BCUT2D eigenvalue weighted by atomic mass is 35.5. The molecule has 0 unspecified atom stereocenters. The standard InChI is InChI=1S/C22H23ClN4O4S/c1-17-5-7-21(8-6-17)32(29,30)27-11-9-25(10-12-27)22(28)18-3-2-4-20(13-18)31-16-26-15-19(23)14-24-26/h2-8,13-15H,9-12,16H2,1H3. The van der Waals surface area contributed by atoms with Gasteiger partial charge in [-0.15, -0.1) is 0 Å². The number of hydrogen-bond donors (Lipinski definition) is 0. The summed E-state index contributed by atoms with van der Waals surface area (Å²) in [6.45, 7) is 3.21. The van der Waals surface area contributed by atoms with Crippen LogP contribution in [-0.4, -0.2) is 59.5 Å². The van der Waals surface area contributed by atoms with Gasteiger partial charge in [-0.1, -0.05) is 35.4 Å². The van der Waals surface area contributed by atoms with Crippen molar-refractivity contribution in [2.24, 2.45) is 0 Å². The lowest BCUT2D eigenvalue weighted by molar-refractivity contribution is 0.0697. The molecule has 168 valence electrons. The van der Waals surface area contributed by atoms with Gasteiger partial charge in [0.15, 0.2) is 6.73 Å². The third kappa shape index (κ3) is 4.95. The summed E-state index contributed by atoms with van der Waals surface area (Å²) in [5.74, 6) is 0.369. The van der Waals surface area contributed by atoms with E-state index in [2.05, 4.69) is 5.10 Å². The first kappa shape index (κ1) is 22.3. The SMILES string of the molecule is Cc1ccc(S(=O)(=O)N2CCN(C(=O)c3cccc(OCn4cc(Cl)cn4)c3)CC2)cc1. The molecular weight excluding hydrogens is 452 g/mol. The Labute approximate surface area is 192 Å². The zero-order valence-electron chi connectivity index (χ0n) is 17.5. The number of carbonyl (C=O) groups is 1. The number of halogens is 1. The second-order valence-corrected chi connectivity index (χ2v) is 9.88. The Morgan fingerprint density at radius 1 is 1.09 bits per heavy atom. The largest absolute Gasteiger partial charge is 0.471 e. The van der Waals surface area contributed by atoms with Crippen LogP contribution in [0.5, 0.6) is 5.75 Å². The maximum Gasteiger partial charge on any atom is 0.254 e. The van der Waals surface area contributed by atoms with Crippen LogP contribution in [0.4, 0.5) is 0 Å². The van der Waals surface area contributed by atoms with Crippen LogP contribution in [0, 0.1) is 6.92 Å². The van der Waals surface area contributed by atoms with E-state index in [0.717, 1.165) is 5.56 Å². The van der Waals surface area contributed by atoms with E-state index in [9.17, 15) is 13.2 Å². The molecule has 1 amide bonds. The Balaban J connectivity index is 1.37. The summed E-state index contributed by atoms with van der Waals surface area (Å²) in [6, 6.07) is 13.7. The molecule has 2 heterocycles. The molecule has 0 saturated carbocycles. The van der Waals surface area contributed by atoms with E-state index >= 15 is 0 Å². The third-order valence-corrected chi connectivity index (χ3v) is 7.34. The Bertz CT molecular complexity index is 1200. The Hall–Kier alpha value is -2.88. The average molecular weight is 475 g/mol. The molecule has 1 aliphatic rings. The van der Waals surface area contributed by atoms with Crippen LogP contribution in [0.2, 0.25) is 5.02 Å². The fraction of sp³-hybridized carbons (Fsp3) is 0.273. The molecule has 2 aromatic carbocycles. The quantitative estimate of drug-likeness (QED) is 0.548. The number of benzene rings is 2. The number of carbonyl (C=O) groups excluding carboxylic acids is 1. The van der Waals surface area contributed by atoms with Gasteiger partial charge in [-0.25, -0.2) is 13.1 Å². The maximum absolute atomic E-state index is 13.0. The fourth-order valence-corrected chi connectivity index (χ4v) is 5.02. The van der Waals surface area contributed by atoms with Gasteiger partial charge >= 0.3 is 0 Å². The first-order chi connectivity index (χ1) is 15.3. The maximum atomic E-state index is 13.0. The van der Waals surface area contributed by atoms with Crippen LogP contribution < -0.4 is 4.74 Å². The van der Waals surface area contributed by atoms with E-state index in [4.69, 9.17) is 16.3 Å². The molecule has 8 nitrogen and oxygen atoms in total. The summed E-state index contributed by atoms with van der Waals surface area (Å²) in [4.78, 5) is 14.9. The van der Waals surface area contributed by atoms with Crippen LogP contribution >= 0.6 is 11.6 Å². The van der Waals surface area contributed by atoms with Gasteiger partial charge in [0.1, 0.15) is 5.75 Å². The minimum absolute atomic E-state index is 0.162. The highest BCUT2D eigenvalue weighted by molar-refractivity contribution is 7.89. The molecule has 32 heavy (non-hydrogen) atoms. The fourth-order valence-electron chi connectivity index (χ4n) is 3.44. The molecule has 10 heteroatoms. The summed E-state index contributed by atoms with van der Waals surface area (Å²) in [5, 5.41) is 4.56. The van der Waals surface area contributed by atoms with E-state index in [1.165, 1.54) is 10.5 Å². The highest BCUT2D eigenvalue weighted by Crippen LogP contribution is 2.20. The average Bonchev–Trinajstić information content (AvgIpc) is 3.23. The van der Waals surface area contributed by atoms with Crippen LogP contribution in [0.3, 0.4) is 0 Å². The molecule has 1 aromatic heterocycles. The zero-order chi connectivity index (χ0) is 22.7. The molecule has 0 aliphatic carbocycles. The molecule has 3 aromatic rings. The minimum Gasteiger partial charge on any atom is -0.471 e. The molecule has 0 N–H and O–H groups in total. The Morgan fingerprint density at radius 2 is 1.81 bits per heavy atom.